The molecule has 4 N–H and O–H groups in total. The fraction of sp³-hybridized carbons (Fsp3) is 0.133. The highest BCUT2D eigenvalue weighted by Crippen LogP contribution is 2.20. The Bertz CT molecular complexity index is 568. The van der Waals surface area contributed by atoms with E-state index in [-0.39, 0.29) is 18.1 Å². The van der Waals surface area contributed by atoms with Gasteiger partial charge in [-0.3, -0.25) is 4.79 Å². The normalized spacial score (nSPS) is 10.1. The molecular weight excluding hydrogens is 240 g/mol. The minimum absolute atomic E-state index is 0.00774. The standard InChI is InChI=1S/C15H16N2O2/c16-13-7-6-12(8-14(13)18)9-15(19)17-10-11-4-2-1-3-5-11/h1-8,18H,9-10,16H2,(H,17,19). The average molecular weight is 256 g/mol. The molecular formula is C15H16N2O2. The third-order valence-electron chi connectivity index (χ3n) is 2.79. The number of anilines is 1. The summed E-state index contributed by atoms with van der Waals surface area (Å²) in [6.07, 6.45) is 0.223. The number of aromatic hydroxyl groups is 1. The fourth-order valence-corrected chi connectivity index (χ4v) is 1.74. The monoisotopic (exact) mass is 256 g/mol. The third kappa shape index (κ3) is 3.74. The summed E-state index contributed by atoms with van der Waals surface area (Å²) >= 11 is 0. The van der Waals surface area contributed by atoms with Crippen LogP contribution in [0, 0.1) is 0 Å². The van der Waals surface area contributed by atoms with Gasteiger partial charge >= 0.3 is 0 Å². The van der Waals surface area contributed by atoms with Crippen molar-refractivity contribution in [2.75, 3.05) is 5.73 Å². The van der Waals surface area contributed by atoms with Crippen LogP contribution in [-0.4, -0.2) is 11.0 Å². The maximum absolute atomic E-state index is 11.8. The topological polar surface area (TPSA) is 75.4 Å². The molecule has 0 heterocycles. The first kappa shape index (κ1) is 13.0. The van der Waals surface area contributed by atoms with Crippen LogP contribution >= 0.6 is 0 Å². The van der Waals surface area contributed by atoms with Crippen molar-refractivity contribution in [3.63, 3.8) is 0 Å². The molecule has 0 fully saturated rings. The minimum atomic E-state index is -0.0898. The van der Waals surface area contributed by atoms with Crippen molar-refractivity contribution in [1.82, 2.24) is 5.32 Å². The summed E-state index contributed by atoms with van der Waals surface area (Å²) in [4.78, 5) is 11.8. The molecule has 0 unspecified atom stereocenters. The van der Waals surface area contributed by atoms with Crippen LogP contribution in [-0.2, 0) is 17.8 Å². The molecule has 0 radical (unpaired) electrons. The number of benzene rings is 2. The predicted molar refractivity (Wildman–Crippen MR) is 74.5 cm³/mol. The van der Waals surface area contributed by atoms with Crippen LogP contribution in [0.25, 0.3) is 0 Å². The van der Waals surface area contributed by atoms with Crippen LogP contribution in [0.15, 0.2) is 48.5 Å². The lowest BCUT2D eigenvalue weighted by atomic mass is 10.1. The summed E-state index contributed by atoms with van der Waals surface area (Å²) in [5.41, 5.74) is 7.60. The zero-order chi connectivity index (χ0) is 13.7. The van der Waals surface area contributed by atoms with Gasteiger partial charge in [0.15, 0.2) is 0 Å². The lowest BCUT2D eigenvalue weighted by Gasteiger charge is -2.06. The van der Waals surface area contributed by atoms with Crippen molar-refractivity contribution >= 4 is 11.6 Å². The first-order valence-electron chi connectivity index (χ1n) is 6.03. The average Bonchev–Trinajstić information content (AvgIpc) is 2.42. The molecule has 2 rings (SSSR count). The predicted octanol–water partition coefficient (Wildman–Crippen LogP) is 1.83. The van der Waals surface area contributed by atoms with Crippen molar-refractivity contribution < 1.29 is 9.90 Å². The molecule has 4 heteroatoms. The van der Waals surface area contributed by atoms with E-state index >= 15 is 0 Å². The van der Waals surface area contributed by atoms with Gasteiger partial charge in [0.1, 0.15) is 5.75 Å². The SMILES string of the molecule is Nc1ccc(CC(=O)NCc2ccccc2)cc1O. The molecule has 0 bridgehead atoms. The van der Waals surface area contributed by atoms with Crippen LogP contribution in [0.3, 0.4) is 0 Å². The Morgan fingerprint density at radius 1 is 1.11 bits per heavy atom. The molecule has 0 saturated carbocycles. The van der Waals surface area contributed by atoms with Crippen molar-refractivity contribution in [2.24, 2.45) is 0 Å². The van der Waals surface area contributed by atoms with Crippen molar-refractivity contribution in [3.8, 4) is 5.75 Å². The number of carbonyl (C=O) groups is 1. The Hall–Kier alpha value is -2.49. The molecule has 0 atom stereocenters. The van der Waals surface area contributed by atoms with Gasteiger partial charge in [-0.25, -0.2) is 0 Å². The van der Waals surface area contributed by atoms with Gasteiger partial charge in [-0.05, 0) is 23.3 Å². The van der Waals surface area contributed by atoms with Gasteiger partial charge in [0.05, 0.1) is 12.1 Å². The Labute approximate surface area is 111 Å². The van der Waals surface area contributed by atoms with E-state index in [0.717, 1.165) is 11.1 Å². The Morgan fingerprint density at radius 3 is 2.53 bits per heavy atom. The third-order valence-corrected chi connectivity index (χ3v) is 2.79. The lowest BCUT2D eigenvalue weighted by Crippen LogP contribution is -2.24. The van der Waals surface area contributed by atoms with Gasteiger partial charge in [0.25, 0.3) is 0 Å². The van der Waals surface area contributed by atoms with Gasteiger partial charge < -0.3 is 16.2 Å². The van der Waals surface area contributed by atoms with E-state index in [1.54, 1.807) is 12.1 Å². The van der Waals surface area contributed by atoms with Crippen molar-refractivity contribution in [3.05, 3.63) is 59.7 Å². The minimum Gasteiger partial charge on any atom is -0.506 e. The summed E-state index contributed by atoms with van der Waals surface area (Å²) in [6, 6.07) is 14.5. The smallest absolute Gasteiger partial charge is 0.224 e. The summed E-state index contributed by atoms with van der Waals surface area (Å²) in [7, 11) is 0. The maximum Gasteiger partial charge on any atom is 0.224 e. The first-order chi connectivity index (χ1) is 9.15. The second kappa shape index (κ2) is 5.91. The summed E-state index contributed by atoms with van der Waals surface area (Å²) < 4.78 is 0. The number of nitrogen functional groups attached to an aromatic ring is 1. The highest BCUT2D eigenvalue weighted by atomic mass is 16.3. The van der Waals surface area contributed by atoms with Crippen LogP contribution < -0.4 is 11.1 Å². The molecule has 98 valence electrons. The molecule has 0 aliphatic rings. The van der Waals surface area contributed by atoms with Crippen LogP contribution in [0.1, 0.15) is 11.1 Å². The van der Waals surface area contributed by atoms with E-state index in [1.165, 1.54) is 6.07 Å². The number of phenols is 1. The maximum atomic E-state index is 11.8. The van der Waals surface area contributed by atoms with Crippen LogP contribution in [0.2, 0.25) is 0 Å². The van der Waals surface area contributed by atoms with Crippen LogP contribution in [0.4, 0.5) is 5.69 Å². The van der Waals surface area contributed by atoms with E-state index < -0.39 is 0 Å². The summed E-state index contributed by atoms with van der Waals surface area (Å²) in [5.74, 6) is -0.0821. The lowest BCUT2D eigenvalue weighted by molar-refractivity contribution is -0.120. The molecule has 0 saturated heterocycles. The zero-order valence-electron chi connectivity index (χ0n) is 10.5. The number of carbonyl (C=O) groups excluding carboxylic acids is 1. The molecule has 2 aromatic carbocycles. The highest BCUT2D eigenvalue weighted by Gasteiger charge is 2.05. The number of hydrogen-bond donors (Lipinski definition) is 3. The second-order valence-corrected chi connectivity index (χ2v) is 4.33. The molecule has 0 aliphatic heterocycles. The summed E-state index contributed by atoms with van der Waals surface area (Å²) in [5, 5.41) is 12.3. The molecule has 19 heavy (non-hydrogen) atoms. The molecule has 2 aromatic rings. The van der Waals surface area contributed by atoms with E-state index in [9.17, 15) is 9.90 Å². The molecule has 4 nitrogen and oxygen atoms in total. The van der Waals surface area contributed by atoms with Gasteiger partial charge in [-0.2, -0.15) is 0 Å². The highest BCUT2D eigenvalue weighted by molar-refractivity contribution is 5.79. The molecule has 0 aliphatic carbocycles. The van der Waals surface area contributed by atoms with E-state index in [4.69, 9.17) is 5.73 Å². The largest absolute Gasteiger partial charge is 0.506 e. The molecule has 0 spiro atoms. The number of nitrogens with two attached hydrogens (primary N) is 1. The van der Waals surface area contributed by atoms with Gasteiger partial charge in [0, 0.05) is 6.54 Å². The first-order valence-corrected chi connectivity index (χ1v) is 6.03. The molecule has 1 amide bonds. The van der Waals surface area contributed by atoms with Gasteiger partial charge in [-0.1, -0.05) is 36.4 Å². The van der Waals surface area contributed by atoms with E-state index in [0.29, 0.717) is 12.2 Å². The fourth-order valence-electron chi connectivity index (χ4n) is 1.74. The Balaban J connectivity index is 1.89. The van der Waals surface area contributed by atoms with E-state index in [1.807, 2.05) is 30.3 Å². The number of amides is 1. The number of hydrogen-bond acceptors (Lipinski definition) is 3. The number of rotatable bonds is 4. The summed E-state index contributed by atoms with van der Waals surface area (Å²) in [6.45, 7) is 0.501. The number of phenolic OH excluding ortho intramolecular Hbond substituents is 1. The Kier molecular flexibility index (Phi) is 4.03. The quantitative estimate of drug-likeness (QED) is 0.577. The van der Waals surface area contributed by atoms with Gasteiger partial charge in [-0.15, -0.1) is 0 Å². The Morgan fingerprint density at radius 2 is 1.84 bits per heavy atom. The second-order valence-electron chi connectivity index (χ2n) is 4.33. The van der Waals surface area contributed by atoms with Crippen molar-refractivity contribution in [2.45, 2.75) is 13.0 Å². The molecule has 0 aromatic heterocycles. The number of nitrogens with one attached hydrogen (secondary N) is 1. The van der Waals surface area contributed by atoms with Crippen molar-refractivity contribution in [1.29, 1.82) is 0 Å². The van der Waals surface area contributed by atoms with Crippen LogP contribution in [0.5, 0.6) is 5.75 Å². The van der Waals surface area contributed by atoms with Gasteiger partial charge in [0.2, 0.25) is 5.91 Å². The van der Waals surface area contributed by atoms with E-state index in [2.05, 4.69) is 5.32 Å². The zero-order valence-corrected chi connectivity index (χ0v) is 10.5.